The number of hydrogen-bond donors (Lipinski definition) is 3. The maximum absolute atomic E-state index is 12.8. The average Bonchev–Trinajstić information content (AvgIpc) is 3.11. The summed E-state index contributed by atoms with van der Waals surface area (Å²) in [6, 6.07) is 2.24. The van der Waals surface area contributed by atoms with Crippen LogP contribution in [0.3, 0.4) is 0 Å². The second-order valence-corrected chi connectivity index (χ2v) is 8.64. The van der Waals surface area contributed by atoms with Crippen LogP contribution in [-0.2, 0) is 4.84 Å². The Bertz CT molecular complexity index is 878. The second-order valence-electron chi connectivity index (χ2n) is 8.64. The first kappa shape index (κ1) is 17.0. The van der Waals surface area contributed by atoms with Gasteiger partial charge in [0.15, 0.2) is 0 Å². The Morgan fingerprint density at radius 1 is 1.37 bits per heavy atom. The number of anilines is 1. The van der Waals surface area contributed by atoms with Crippen molar-refractivity contribution in [1.29, 1.82) is 0 Å². The zero-order chi connectivity index (χ0) is 18.8. The van der Waals surface area contributed by atoms with E-state index in [9.17, 15) is 9.90 Å². The zero-order valence-electron chi connectivity index (χ0n) is 15.7. The number of aliphatic hydroxyl groups is 1. The van der Waals surface area contributed by atoms with Gasteiger partial charge in [-0.1, -0.05) is 0 Å². The molecule has 7 heteroatoms. The van der Waals surface area contributed by atoms with E-state index in [-0.39, 0.29) is 11.9 Å². The minimum absolute atomic E-state index is 0.224. The van der Waals surface area contributed by atoms with E-state index in [0.717, 1.165) is 36.0 Å². The minimum Gasteiger partial charge on any atom is -0.390 e. The van der Waals surface area contributed by atoms with E-state index in [4.69, 9.17) is 4.84 Å². The fraction of sp³-hybridized carbons (Fsp3) is 0.600. The van der Waals surface area contributed by atoms with Gasteiger partial charge < -0.3 is 15.4 Å². The molecule has 2 unspecified atom stereocenters. The topological polar surface area (TPSA) is 90.5 Å². The summed E-state index contributed by atoms with van der Waals surface area (Å²) >= 11 is 0. The predicted octanol–water partition coefficient (Wildman–Crippen LogP) is 2.55. The zero-order valence-corrected chi connectivity index (χ0v) is 15.7. The molecule has 0 saturated heterocycles. The number of aromatic nitrogens is 2. The van der Waals surface area contributed by atoms with E-state index < -0.39 is 5.60 Å². The summed E-state index contributed by atoms with van der Waals surface area (Å²) in [6.45, 7) is 0. The van der Waals surface area contributed by atoms with Crippen molar-refractivity contribution in [2.45, 2.75) is 43.7 Å². The highest BCUT2D eigenvalue weighted by Crippen LogP contribution is 2.56. The van der Waals surface area contributed by atoms with Gasteiger partial charge in [-0.05, 0) is 55.9 Å². The van der Waals surface area contributed by atoms with Crippen LogP contribution < -0.4 is 5.32 Å². The highest BCUT2D eigenvalue weighted by Gasteiger charge is 2.54. The van der Waals surface area contributed by atoms with Crippen molar-refractivity contribution < 1.29 is 14.7 Å². The lowest BCUT2D eigenvalue weighted by molar-refractivity contribution is -0.129. The normalized spacial score (nSPS) is 34.2. The first-order chi connectivity index (χ1) is 13.0. The van der Waals surface area contributed by atoms with Gasteiger partial charge in [0.05, 0.1) is 24.0 Å². The maximum Gasteiger partial charge on any atom is 0.280 e. The highest BCUT2D eigenvalue weighted by atomic mass is 16.7. The van der Waals surface area contributed by atoms with Gasteiger partial charge in [-0.2, -0.15) is 0 Å². The van der Waals surface area contributed by atoms with Crippen LogP contribution in [0.1, 0.15) is 42.5 Å². The largest absolute Gasteiger partial charge is 0.390 e. The van der Waals surface area contributed by atoms with Crippen molar-refractivity contribution in [2.24, 2.45) is 17.8 Å². The molecular formula is C20H26N4O3. The van der Waals surface area contributed by atoms with Crippen LogP contribution in [0.4, 0.5) is 5.69 Å². The van der Waals surface area contributed by atoms with Crippen molar-refractivity contribution in [3.8, 4) is 0 Å². The van der Waals surface area contributed by atoms with Gasteiger partial charge in [0.2, 0.25) is 0 Å². The van der Waals surface area contributed by atoms with Crippen LogP contribution in [0.5, 0.6) is 0 Å². The molecule has 2 atom stereocenters. The third kappa shape index (κ3) is 2.63. The number of nitrogens with one attached hydrogen (secondary N) is 2. The molecule has 0 aliphatic heterocycles. The molecule has 2 aromatic heterocycles. The van der Waals surface area contributed by atoms with Crippen LogP contribution in [0.25, 0.3) is 11.0 Å². The molecule has 27 heavy (non-hydrogen) atoms. The number of amides is 1. The quantitative estimate of drug-likeness (QED) is 0.720. The molecule has 2 aromatic rings. The van der Waals surface area contributed by atoms with Crippen molar-refractivity contribution >= 4 is 22.6 Å². The number of pyridine rings is 1. The van der Waals surface area contributed by atoms with Crippen LogP contribution in [-0.4, -0.2) is 51.8 Å². The fourth-order valence-electron chi connectivity index (χ4n) is 5.96. The van der Waals surface area contributed by atoms with E-state index in [0.29, 0.717) is 23.3 Å². The predicted molar refractivity (Wildman–Crippen MR) is 101 cm³/mol. The maximum atomic E-state index is 12.8. The lowest BCUT2D eigenvalue weighted by Gasteiger charge is -2.58. The Hall–Kier alpha value is -2.12. The summed E-state index contributed by atoms with van der Waals surface area (Å²) in [5.41, 5.74) is 1.63. The molecule has 6 rings (SSSR count). The van der Waals surface area contributed by atoms with E-state index >= 15 is 0 Å². The first-order valence-corrected chi connectivity index (χ1v) is 9.74. The third-order valence-electron chi connectivity index (χ3n) is 6.93. The number of nitrogens with zero attached hydrogens (tertiary/aromatic N) is 2. The number of rotatable bonds is 4. The van der Waals surface area contributed by atoms with E-state index in [1.165, 1.54) is 25.0 Å². The smallest absolute Gasteiger partial charge is 0.280 e. The Morgan fingerprint density at radius 2 is 2.11 bits per heavy atom. The monoisotopic (exact) mass is 370 g/mol. The SMILES string of the molecule is CON(C)C(=O)c1cnc2[nH]ccc2c1NC1C2CC3CC1CC(O)(C3)C2. The molecule has 4 aliphatic carbocycles. The van der Waals surface area contributed by atoms with Gasteiger partial charge in [-0.3, -0.25) is 9.63 Å². The molecule has 4 aliphatic rings. The number of aromatic amines is 1. The average molecular weight is 370 g/mol. The molecule has 0 radical (unpaired) electrons. The molecule has 7 nitrogen and oxygen atoms in total. The standard InChI is InChI=1S/C20H26N4O3/c1-24(27-2)19(25)15-10-22-18-14(3-4-21-18)17(15)23-16-12-5-11-6-13(16)9-20(26,7-11)8-12/h3-4,10-13,16,26H,5-9H2,1-2H3,(H2,21,22,23). The Labute approximate surface area is 158 Å². The van der Waals surface area contributed by atoms with Gasteiger partial charge >= 0.3 is 0 Å². The molecule has 1 amide bonds. The third-order valence-corrected chi connectivity index (χ3v) is 6.93. The molecule has 4 bridgehead atoms. The van der Waals surface area contributed by atoms with Crippen LogP contribution in [0, 0.1) is 17.8 Å². The van der Waals surface area contributed by atoms with Crippen molar-refractivity contribution in [1.82, 2.24) is 15.0 Å². The molecule has 0 spiro atoms. The fourth-order valence-corrected chi connectivity index (χ4v) is 5.96. The molecule has 4 saturated carbocycles. The summed E-state index contributed by atoms with van der Waals surface area (Å²) in [5.74, 6) is 1.33. The van der Waals surface area contributed by atoms with Gasteiger partial charge in [0.25, 0.3) is 5.91 Å². The van der Waals surface area contributed by atoms with Gasteiger partial charge in [0, 0.05) is 30.9 Å². The lowest BCUT2D eigenvalue weighted by Crippen LogP contribution is -2.59. The summed E-state index contributed by atoms with van der Waals surface area (Å²) < 4.78 is 0. The number of hydroxylamine groups is 2. The van der Waals surface area contributed by atoms with Gasteiger partial charge in [-0.25, -0.2) is 10.0 Å². The Morgan fingerprint density at radius 3 is 2.78 bits per heavy atom. The number of hydrogen-bond acceptors (Lipinski definition) is 5. The number of carbonyl (C=O) groups excluding carboxylic acids is 1. The number of fused-ring (bicyclic) bond motifs is 1. The summed E-state index contributed by atoms with van der Waals surface area (Å²) in [7, 11) is 3.08. The van der Waals surface area contributed by atoms with Crippen molar-refractivity contribution in [3.63, 3.8) is 0 Å². The lowest BCUT2D eigenvalue weighted by atomic mass is 9.52. The highest BCUT2D eigenvalue weighted by molar-refractivity contribution is 6.06. The van der Waals surface area contributed by atoms with Gasteiger partial charge in [-0.15, -0.1) is 0 Å². The molecular weight excluding hydrogens is 344 g/mol. The van der Waals surface area contributed by atoms with Crippen LogP contribution in [0.15, 0.2) is 18.5 Å². The van der Waals surface area contributed by atoms with Crippen molar-refractivity contribution in [3.05, 3.63) is 24.0 Å². The molecule has 144 valence electrons. The van der Waals surface area contributed by atoms with Crippen LogP contribution in [0.2, 0.25) is 0 Å². The Balaban J connectivity index is 1.53. The number of H-pyrrole nitrogens is 1. The summed E-state index contributed by atoms with van der Waals surface area (Å²) in [4.78, 5) is 25.5. The summed E-state index contributed by atoms with van der Waals surface area (Å²) in [5, 5.41) is 16.7. The molecule has 4 fully saturated rings. The molecule has 3 N–H and O–H groups in total. The van der Waals surface area contributed by atoms with E-state index in [1.54, 1.807) is 13.2 Å². The first-order valence-electron chi connectivity index (χ1n) is 9.74. The van der Waals surface area contributed by atoms with Crippen LogP contribution >= 0.6 is 0 Å². The van der Waals surface area contributed by atoms with Crippen molar-refractivity contribution in [2.75, 3.05) is 19.5 Å². The number of carbonyl (C=O) groups is 1. The second kappa shape index (κ2) is 5.94. The van der Waals surface area contributed by atoms with E-state index in [2.05, 4.69) is 15.3 Å². The Kier molecular flexibility index (Phi) is 3.74. The molecule has 2 heterocycles. The van der Waals surface area contributed by atoms with E-state index in [1.807, 2.05) is 12.3 Å². The minimum atomic E-state index is -0.467. The van der Waals surface area contributed by atoms with Gasteiger partial charge in [0.1, 0.15) is 5.65 Å². The molecule has 0 aromatic carbocycles. The summed E-state index contributed by atoms with van der Waals surface area (Å²) in [6.07, 6.45) is 8.48.